The van der Waals surface area contributed by atoms with E-state index < -0.39 is 21.9 Å². The highest BCUT2D eigenvalue weighted by Gasteiger charge is 2.25. The molecule has 0 heterocycles. The maximum absolute atomic E-state index is 12.8. The van der Waals surface area contributed by atoms with E-state index in [0.29, 0.717) is 5.69 Å². The Kier molecular flexibility index (Phi) is 7.17. The minimum absolute atomic E-state index is 0.0381. The molecule has 0 fully saturated rings. The minimum atomic E-state index is -3.82. The van der Waals surface area contributed by atoms with E-state index in [1.165, 1.54) is 35.7 Å². The molecule has 0 unspecified atom stereocenters. The predicted octanol–water partition coefficient (Wildman–Crippen LogP) is 3.41. The van der Waals surface area contributed by atoms with Crippen LogP contribution in [0.15, 0.2) is 47.4 Å². The van der Waals surface area contributed by atoms with Crippen LogP contribution in [0.5, 0.6) is 0 Å². The maximum atomic E-state index is 12.8. The van der Waals surface area contributed by atoms with Gasteiger partial charge in [-0.2, -0.15) is 4.31 Å². The summed E-state index contributed by atoms with van der Waals surface area (Å²) in [5, 5.41) is 2.67. The highest BCUT2D eigenvalue weighted by Crippen LogP contribution is 2.26. The van der Waals surface area contributed by atoms with Crippen LogP contribution >= 0.6 is 11.6 Å². The number of sulfonamides is 1. The van der Waals surface area contributed by atoms with Crippen LogP contribution in [-0.4, -0.2) is 44.8 Å². The zero-order chi connectivity index (χ0) is 20.9. The molecule has 150 valence electrons. The molecule has 2 rings (SSSR count). The van der Waals surface area contributed by atoms with Crippen LogP contribution in [0.3, 0.4) is 0 Å². The molecule has 28 heavy (non-hydrogen) atoms. The van der Waals surface area contributed by atoms with E-state index in [-0.39, 0.29) is 34.1 Å². The van der Waals surface area contributed by atoms with Gasteiger partial charge in [-0.15, -0.1) is 0 Å². The number of benzene rings is 2. The third-order valence-corrected chi connectivity index (χ3v) is 6.59. The second kappa shape index (κ2) is 9.18. The standard InChI is InChI=1S/C19H21ClN2O5S/c1-4-22(5-2)28(25,26)17-12-13(9-10-16(17)20)18(23)21-15-8-6-7-14(11-15)19(24)27-3/h6-12H,4-5H2,1-3H3,(H,21,23). The van der Waals surface area contributed by atoms with Gasteiger partial charge in [0.05, 0.1) is 17.7 Å². The van der Waals surface area contributed by atoms with E-state index >= 15 is 0 Å². The van der Waals surface area contributed by atoms with Crippen molar-refractivity contribution in [3.63, 3.8) is 0 Å². The van der Waals surface area contributed by atoms with Crippen LogP contribution in [0, 0.1) is 0 Å². The highest BCUT2D eigenvalue weighted by molar-refractivity contribution is 7.89. The molecule has 0 atom stereocenters. The Balaban J connectivity index is 2.34. The van der Waals surface area contributed by atoms with Crippen molar-refractivity contribution in [3.8, 4) is 0 Å². The van der Waals surface area contributed by atoms with Gasteiger partial charge in [0, 0.05) is 24.3 Å². The summed E-state index contributed by atoms with van der Waals surface area (Å²) in [6.07, 6.45) is 0. The summed E-state index contributed by atoms with van der Waals surface area (Å²) in [6, 6.07) is 10.3. The number of nitrogens with one attached hydrogen (secondary N) is 1. The first-order valence-electron chi connectivity index (χ1n) is 8.54. The van der Waals surface area contributed by atoms with Crippen LogP contribution in [-0.2, 0) is 14.8 Å². The molecule has 0 bridgehead atoms. The normalized spacial score (nSPS) is 11.3. The van der Waals surface area contributed by atoms with E-state index in [1.54, 1.807) is 32.0 Å². The highest BCUT2D eigenvalue weighted by atomic mass is 35.5. The molecule has 0 spiro atoms. The number of ether oxygens (including phenoxy) is 1. The molecular weight excluding hydrogens is 404 g/mol. The number of amides is 1. The van der Waals surface area contributed by atoms with Gasteiger partial charge in [-0.3, -0.25) is 4.79 Å². The fraction of sp³-hybridized carbons (Fsp3) is 0.263. The number of carbonyl (C=O) groups excluding carboxylic acids is 2. The van der Waals surface area contributed by atoms with Crippen molar-refractivity contribution >= 4 is 39.2 Å². The second-order valence-electron chi connectivity index (χ2n) is 5.76. The third kappa shape index (κ3) is 4.70. The first kappa shape index (κ1) is 21.9. The molecule has 0 aromatic heterocycles. The third-order valence-electron chi connectivity index (χ3n) is 4.06. The lowest BCUT2D eigenvalue weighted by atomic mass is 10.1. The van der Waals surface area contributed by atoms with Gasteiger partial charge < -0.3 is 10.1 Å². The van der Waals surface area contributed by atoms with Gasteiger partial charge >= 0.3 is 5.97 Å². The molecule has 0 saturated carbocycles. The molecule has 2 aromatic carbocycles. The number of hydrogen-bond acceptors (Lipinski definition) is 5. The zero-order valence-electron chi connectivity index (χ0n) is 15.7. The summed E-state index contributed by atoms with van der Waals surface area (Å²) in [6.45, 7) is 4.01. The quantitative estimate of drug-likeness (QED) is 0.687. The van der Waals surface area contributed by atoms with Crippen molar-refractivity contribution in [2.45, 2.75) is 18.7 Å². The Bertz CT molecular complexity index is 988. The second-order valence-corrected chi connectivity index (χ2v) is 8.07. The number of rotatable bonds is 7. The summed E-state index contributed by atoms with van der Waals surface area (Å²) in [7, 11) is -2.56. The van der Waals surface area contributed by atoms with E-state index in [2.05, 4.69) is 10.1 Å². The van der Waals surface area contributed by atoms with Gasteiger partial charge in [0.2, 0.25) is 10.0 Å². The molecule has 2 aromatic rings. The number of esters is 1. The topological polar surface area (TPSA) is 92.8 Å². The van der Waals surface area contributed by atoms with E-state index in [1.807, 2.05) is 0 Å². The fourth-order valence-electron chi connectivity index (χ4n) is 2.59. The molecule has 9 heteroatoms. The number of anilines is 1. The Hall–Kier alpha value is -2.42. The molecule has 1 amide bonds. The SMILES string of the molecule is CCN(CC)S(=O)(=O)c1cc(C(=O)Nc2cccc(C(=O)OC)c2)ccc1Cl. The predicted molar refractivity (Wildman–Crippen MR) is 107 cm³/mol. The Morgan fingerprint density at radius 2 is 1.75 bits per heavy atom. The van der Waals surface area contributed by atoms with Gasteiger partial charge in [-0.1, -0.05) is 31.5 Å². The van der Waals surface area contributed by atoms with Crippen molar-refractivity contribution in [2.75, 3.05) is 25.5 Å². The molecule has 0 aliphatic rings. The molecule has 0 aliphatic heterocycles. The van der Waals surface area contributed by atoms with Gasteiger partial charge in [-0.05, 0) is 36.4 Å². The molecule has 0 saturated heterocycles. The van der Waals surface area contributed by atoms with E-state index in [0.717, 1.165) is 0 Å². The number of carbonyl (C=O) groups is 2. The zero-order valence-corrected chi connectivity index (χ0v) is 17.3. The largest absolute Gasteiger partial charge is 0.465 e. The van der Waals surface area contributed by atoms with Crippen molar-refractivity contribution in [2.24, 2.45) is 0 Å². The maximum Gasteiger partial charge on any atom is 0.337 e. The average Bonchev–Trinajstić information content (AvgIpc) is 2.68. The first-order valence-corrected chi connectivity index (χ1v) is 10.4. The van der Waals surface area contributed by atoms with Crippen molar-refractivity contribution in [1.29, 1.82) is 0 Å². The first-order chi connectivity index (χ1) is 13.2. The molecule has 1 N–H and O–H groups in total. The van der Waals surface area contributed by atoms with Crippen LogP contribution in [0.25, 0.3) is 0 Å². The summed E-state index contributed by atoms with van der Waals surface area (Å²) in [5.74, 6) is -1.06. The van der Waals surface area contributed by atoms with Gasteiger partial charge in [0.25, 0.3) is 5.91 Å². The Morgan fingerprint density at radius 1 is 1.07 bits per heavy atom. The number of halogens is 1. The molecular formula is C19H21ClN2O5S. The van der Waals surface area contributed by atoms with Crippen LogP contribution < -0.4 is 5.32 Å². The summed E-state index contributed by atoms with van der Waals surface area (Å²) in [4.78, 5) is 24.1. The minimum Gasteiger partial charge on any atom is -0.465 e. The van der Waals surface area contributed by atoms with Crippen molar-refractivity contribution in [3.05, 3.63) is 58.6 Å². The van der Waals surface area contributed by atoms with Crippen LogP contribution in [0.2, 0.25) is 5.02 Å². The summed E-state index contributed by atoms with van der Waals surface area (Å²) in [5.41, 5.74) is 0.774. The van der Waals surface area contributed by atoms with E-state index in [4.69, 9.17) is 11.6 Å². The Morgan fingerprint density at radius 3 is 2.36 bits per heavy atom. The molecule has 7 nitrogen and oxygen atoms in total. The van der Waals surface area contributed by atoms with Crippen LogP contribution in [0.4, 0.5) is 5.69 Å². The van der Waals surface area contributed by atoms with Crippen molar-refractivity contribution < 1.29 is 22.7 Å². The lowest BCUT2D eigenvalue weighted by Crippen LogP contribution is -2.31. The van der Waals surface area contributed by atoms with Crippen LogP contribution in [0.1, 0.15) is 34.6 Å². The monoisotopic (exact) mass is 424 g/mol. The van der Waals surface area contributed by atoms with Gasteiger partial charge in [0.1, 0.15) is 4.90 Å². The number of methoxy groups -OCH3 is 1. The summed E-state index contributed by atoms with van der Waals surface area (Å²) >= 11 is 6.09. The lowest BCUT2D eigenvalue weighted by molar-refractivity contribution is 0.0600. The van der Waals surface area contributed by atoms with E-state index in [9.17, 15) is 18.0 Å². The molecule has 0 aliphatic carbocycles. The Labute approximate surface area is 169 Å². The smallest absolute Gasteiger partial charge is 0.337 e. The number of nitrogens with zero attached hydrogens (tertiary/aromatic N) is 1. The number of hydrogen-bond donors (Lipinski definition) is 1. The van der Waals surface area contributed by atoms with Gasteiger partial charge in [-0.25, -0.2) is 13.2 Å². The van der Waals surface area contributed by atoms with Crippen molar-refractivity contribution in [1.82, 2.24) is 4.31 Å². The fourth-order valence-corrected chi connectivity index (χ4v) is 4.55. The lowest BCUT2D eigenvalue weighted by Gasteiger charge is -2.19. The molecule has 0 radical (unpaired) electrons. The summed E-state index contributed by atoms with van der Waals surface area (Å²) < 4.78 is 31.4. The van der Waals surface area contributed by atoms with Gasteiger partial charge in [0.15, 0.2) is 0 Å². The average molecular weight is 425 g/mol.